The molecule has 0 aliphatic heterocycles. The number of ether oxygens (including phenoxy) is 1. The van der Waals surface area contributed by atoms with E-state index in [1.807, 2.05) is 35.8 Å². The van der Waals surface area contributed by atoms with Crippen LogP contribution >= 0.6 is 23.1 Å². The van der Waals surface area contributed by atoms with Crippen LogP contribution in [0, 0.1) is 5.92 Å². The lowest BCUT2D eigenvalue weighted by molar-refractivity contribution is -0.113. The maximum Gasteiger partial charge on any atom is 0.251 e. The van der Waals surface area contributed by atoms with Gasteiger partial charge in [-0.25, -0.2) is 0 Å². The molecule has 1 aromatic carbocycles. The molecule has 0 saturated carbocycles. The first-order chi connectivity index (χ1) is 16.4. The van der Waals surface area contributed by atoms with E-state index in [9.17, 15) is 9.59 Å². The molecule has 4 rings (SSSR count). The SMILES string of the molecule is CCn1c(Cc2ccc(OC)cc2)nnc1SCC(=O)Nc1sc2c(c1C(N)=O)CCC(C)C2. The van der Waals surface area contributed by atoms with Crippen LogP contribution < -0.4 is 15.8 Å². The van der Waals surface area contributed by atoms with Crippen LogP contribution in [0.4, 0.5) is 5.00 Å². The minimum absolute atomic E-state index is 0.165. The summed E-state index contributed by atoms with van der Waals surface area (Å²) < 4.78 is 7.23. The summed E-state index contributed by atoms with van der Waals surface area (Å²) in [5.41, 5.74) is 8.25. The number of anilines is 1. The number of fused-ring (bicyclic) bond motifs is 1. The molecule has 8 nitrogen and oxygen atoms in total. The summed E-state index contributed by atoms with van der Waals surface area (Å²) in [5.74, 6) is 1.71. The molecule has 0 radical (unpaired) electrons. The van der Waals surface area contributed by atoms with Crippen molar-refractivity contribution < 1.29 is 14.3 Å². The molecule has 0 saturated heterocycles. The van der Waals surface area contributed by atoms with Gasteiger partial charge in [-0.15, -0.1) is 21.5 Å². The molecule has 3 N–H and O–H groups in total. The highest BCUT2D eigenvalue weighted by Crippen LogP contribution is 2.39. The number of nitrogens with two attached hydrogens (primary N) is 1. The Hall–Kier alpha value is -2.85. The summed E-state index contributed by atoms with van der Waals surface area (Å²) in [6, 6.07) is 7.85. The van der Waals surface area contributed by atoms with Gasteiger partial charge < -0.3 is 20.4 Å². The molecular weight excluding hydrogens is 470 g/mol. The summed E-state index contributed by atoms with van der Waals surface area (Å²) in [7, 11) is 1.64. The fourth-order valence-electron chi connectivity index (χ4n) is 4.19. The standard InChI is InChI=1S/C24H29N5O3S2/c1-4-29-19(12-15-6-8-16(32-3)9-7-15)27-28-24(29)33-13-20(30)26-23-21(22(25)31)17-10-5-14(2)11-18(17)34-23/h6-9,14H,4-5,10-13H2,1-3H3,(H2,25,31)(H,26,30). The quantitative estimate of drug-likeness (QED) is 0.432. The molecule has 10 heteroatoms. The van der Waals surface area contributed by atoms with Crippen molar-refractivity contribution in [1.82, 2.24) is 14.8 Å². The highest BCUT2D eigenvalue weighted by Gasteiger charge is 2.27. The number of aromatic nitrogens is 3. The van der Waals surface area contributed by atoms with Crippen molar-refractivity contribution in [2.24, 2.45) is 11.7 Å². The van der Waals surface area contributed by atoms with Crippen LogP contribution in [0.25, 0.3) is 0 Å². The van der Waals surface area contributed by atoms with Gasteiger partial charge in [-0.05, 0) is 55.4 Å². The largest absolute Gasteiger partial charge is 0.497 e. The lowest BCUT2D eigenvalue weighted by atomic mass is 9.88. The normalized spacial score (nSPS) is 15.1. The molecule has 2 aromatic heterocycles. The van der Waals surface area contributed by atoms with E-state index in [2.05, 4.69) is 22.4 Å². The minimum Gasteiger partial charge on any atom is -0.497 e. The van der Waals surface area contributed by atoms with Gasteiger partial charge in [-0.1, -0.05) is 30.8 Å². The van der Waals surface area contributed by atoms with Crippen molar-refractivity contribution in [3.05, 3.63) is 51.7 Å². The summed E-state index contributed by atoms with van der Waals surface area (Å²) in [5, 5.41) is 12.8. The fourth-order valence-corrected chi connectivity index (χ4v) is 6.45. The van der Waals surface area contributed by atoms with E-state index in [4.69, 9.17) is 10.5 Å². The van der Waals surface area contributed by atoms with E-state index in [-0.39, 0.29) is 11.7 Å². The van der Waals surface area contributed by atoms with Gasteiger partial charge >= 0.3 is 0 Å². The minimum atomic E-state index is -0.482. The Balaban J connectivity index is 1.42. The van der Waals surface area contributed by atoms with Crippen molar-refractivity contribution >= 4 is 39.9 Å². The predicted octanol–water partition coefficient (Wildman–Crippen LogP) is 3.91. The Morgan fingerprint density at radius 2 is 2.06 bits per heavy atom. The third kappa shape index (κ3) is 5.28. The van der Waals surface area contributed by atoms with Gasteiger partial charge in [0.05, 0.1) is 18.4 Å². The summed E-state index contributed by atoms with van der Waals surface area (Å²) in [4.78, 5) is 26.0. The molecule has 0 spiro atoms. The van der Waals surface area contributed by atoms with Crippen LogP contribution in [0.2, 0.25) is 0 Å². The van der Waals surface area contributed by atoms with Crippen molar-refractivity contribution in [1.29, 1.82) is 0 Å². The molecule has 1 unspecified atom stereocenters. The molecule has 1 aliphatic rings. The van der Waals surface area contributed by atoms with Crippen LogP contribution in [0.5, 0.6) is 5.75 Å². The van der Waals surface area contributed by atoms with E-state index in [0.29, 0.717) is 34.6 Å². The summed E-state index contributed by atoms with van der Waals surface area (Å²) in [6.45, 7) is 4.93. The Morgan fingerprint density at radius 1 is 1.29 bits per heavy atom. The highest BCUT2D eigenvalue weighted by molar-refractivity contribution is 7.99. The number of benzene rings is 1. The van der Waals surface area contributed by atoms with E-state index in [1.165, 1.54) is 23.1 Å². The molecule has 34 heavy (non-hydrogen) atoms. The number of carbonyl (C=O) groups excluding carboxylic acids is 2. The third-order valence-corrected chi connectivity index (χ3v) is 8.11. The van der Waals surface area contributed by atoms with Gasteiger partial charge in [0, 0.05) is 17.8 Å². The second-order valence-electron chi connectivity index (χ2n) is 8.42. The first kappa shape index (κ1) is 24.3. The molecule has 1 atom stereocenters. The molecule has 1 aliphatic carbocycles. The maximum atomic E-state index is 12.7. The van der Waals surface area contributed by atoms with Crippen LogP contribution in [0.1, 0.15) is 52.5 Å². The highest BCUT2D eigenvalue weighted by atomic mass is 32.2. The zero-order valence-electron chi connectivity index (χ0n) is 19.6. The van der Waals surface area contributed by atoms with Gasteiger partial charge in [0.2, 0.25) is 5.91 Å². The van der Waals surface area contributed by atoms with Gasteiger partial charge in [-0.2, -0.15) is 0 Å². The molecule has 2 amide bonds. The average Bonchev–Trinajstić information content (AvgIpc) is 3.37. The molecule has 0 fully saturated rings. The van der Waals surface area contributed by atoms with Crippen molar-refractivity contribution in [2.45, 2.75) is 51.2 Å². The number of hydrogen-bond acceptors (Lipinski definition) is 7. The second-order valence-corrected chi connectivity index (χ2v) is 10.5. The summed E-state index contributed by atoms with van der Waals surface area (Å²) >= 11 is 2.81. The van der Waals surface area contributed by atoms with Crippen molar-refractivity contribution in [3.63, 3.8) is 0 Å². The van der Waals surface area contributed by atoms with Gasteiger partial charge in [0.25, 0.3) is 5.91 Å². The number of thiophene rings is 1. The second kappa shape index (κ2) is 10.6. The number of thioether (sulfide) groups is 1. The van der Waals surface area contributed by atoms with Crippen molar-refractivity contribution in [2.75, 3.05) is 18.2 Å². The maximum absolute atomic E-state index is 12.7. The number of methoxy groups -OCH3 is 1. The fraction of sp³-hybridized carbons (Fsp3) is 0.417. The van der Waals surface area contributed by atoms with E-state index in [0.717, 1.165) is 46.8 Å². The topological polar surface area (TPSA) is 112 Å². The number of primary amides is 1. The van der Waals surface area contributed by atoms with Crippen LogP contribution in [0.15, 0.2) is 29.4 Å². The number of hydrogen-bond donors (Lipinski definition) is 2. The zero-order valence-corrected chi connectivity index (χ0v) is 21.2. The first-order valence-corrected chi connectivity index (χ1v) is 13.1. The molecule has 3 aromatic rings. The number of carbonyl (C=O) groups is 2. The van der Waals surface area contributed by atoms with Crippen LogP contribution in [0.3, 0.4) is 0 Å². The number of amides is 2. The lowest BCUT2D eigenvalue weighted by Crippen LogP contribution is -2.20. The Labute approximate surface area is 207 Å². The predicted molar refractivity (Wildman–Crippen MR) is 135 cm³/mol. The Morgan fingerprint density at radius 3 is 2.74 bits per heavy atom. The smallest absolute Gasteiger partial charge is 0.251 e. The summed E-state index contributed by atoms with van der Waals surface area (Å²) in [6.07, 6.45) is 3.41. The Bertz CT molecular complexity index is 1190. The third-order valence-electron chi connectivity index (χ3n) is 5.97. The van der Waals surface area contributed by atoms with E-state index >= 15 is 0 Å². The molecule has 0 bridgehead atoms. The molecule has 2 heterocycles. The van der Waals surface area contributed by atoms with Crippen LogP contribution in [-0.4, -0.2) is 39.4 Å². The van der Waals surface area contributed by atoms with E-state index < -0.39 is 5.91 Å². The number of nitrogens with one attached hydrogen (secondary N) is 1. The van der Waals surface area contributed by atoms with E-state index in [1.54, 1.807) is 7.11 Å². The van der Waals surface area contributed by atoms with Crippen molar-refractivity contribution in [3.8, 4) is 5.75 Å². The monoisotopic (exact) mass is 499 g/mol. The zero-order chi connectivity index (χ0) is 24.2. The van der Waals surface area contributed by atoms with Crippen LogP contribution in [-0.2, 0) is 30.6 Å². The molecular formula is C24H29N5O3S2. The lowest BCUT2D eigenvalue weighted by Gasteiger charge is -2.18. The average molecular weight is 500 g/mol. The number of nitrogens with zero attached hydrogens (tertiary/aromatic N) is 3. The van der Waals surface area contributed by atoms with Gasteiger partial charge in [0.1, 0.15) is 16.6 Å². The Kier molecular flexibility index (Phi) is 7.57. The number of rotatable bonds is 9. The van der Waals surface area contributed by atoms with Gasteiger partial charge in [-0.3, -0.25) is 9.59 Å². The first-order valence-electron chi connectivity index (χ1n) is 11.3. The van der Waals surface area contributed by atoms with Gasteiger partial charge in [0.15, 0.2) is 5.16 Å². The molecule has 180 valence electrons.